The van der Waals surface area contributed by atoms with Crippen molar-refractivity contribution in [2.45, 2.75) is 6.92 Å². The molecule has 17 heavy (non-hydrogen) atoms. The molecule has 0 unspecified atom stereocenters. The van der Waals surface area contributed by atoms with Crippen LogP contribution in [0.5, 0.6) is 11.6 Å². The zero-order valence-corrected chi connectivity index (χ0v) is 11.3. The first-order valence-corrected chi connectivity index (χ1v) is 6.07. The van der Waals surface area contributed by atoms with Crippen LogP contribution in [0.15, 0.2) is 36.5 Å². The standard InChI is InChI=1S/C13H9IN2O/c1-9-5-6-16-13(12(9)8-15)17-11-4-2-3-10(14)7-11/h2-7H,1H3. The summed E-state index contributed by atoms with van der Waals surface area (Å²) in [6, 6.07) is 11.5. The van der Waals surface area contributed by atoms with Gasteiger partial charge in [-0.2, -0.15) is 5.26 Å². The molecule has 0 aliphatic heterocycles. The molecule has 0 atom stereocenters. The molecule has 0 saturated heterocycles. The van der Waals surface area contributed by atoms with Gasteiger partial charge < -0.3 is 4.74 Å². The lowest BCUT2D eigenvalue weighted by Gasteiger charge is -2.07. The Morgan fingerprint density at radius 2 is 2.18 bits per heavy atom. The first-order valence-electron chi connectivity index (χ1n) is 5.00. The molecule has 0 fully saturated rings. The lowest BCUT2D eigenvalue weighted by Crippen LogP contribution is -1.94. The molecule has 1 heterocycles. The molecule has 0 aliphatic carbocycles. The number of nitriles is 1. The summed E-state index contributed by atoms with van der Waals surface area (Å²) in [5, 5.41) is 9.06. The van der Waals surface area contributed by atoms with E-state index in [0.29, 0.717) is 17.2 Å². The summed E-state index contributed by atoms with van der Waals surface area (Å²) < 4.78 is 6.70. The average molecular weight is 336 g/mol. The zero-order valence-electron chi connectivity index (χ0n) is 9.14. The maximum Gasteiger partial charge on any atom is 0.237 e. The third-order valence-electron chi connectivity index (χ3n) is 2.25. The van der Waals surface area contributed by atoms with E-state index >= 15 is 0 Å². The Labute approximate surface area is 113 Å². The molecule has 0 aliphatic rings. The van der Waals surface area contributed by atoms with Crippen LogP contribution in [0.1, 0.15) is 11.1 Å². The Hall–Kier alpha value is -1.61. The van der Waals surface area contributed by atoms with Gasteiger partial charge in [-0.25, -0.2) is 4.98 Å². The summed E-state index contributed by atoms with van der Waals surface area (Å²) in [6.45, 7) is 1.86. The molecular weight excluding hydrogens is 327 g/mol. The molecule has 4 heteroatoms. The highest BCUT2D eigenvalue weighted by Gasteiger charge is 2.08. The van der Waals surface area contributed by atoms with Gasteiger partial charge >= 0.3 is 0 Å². The van der Waals surface area contributed by atoms with Gasteiger partial charge in [0.25, 0.3) is 0 Å². The van der Waals surface area contributed by atoms with Crippen molar-refractivity contribution in [2.75, 3.05) is 0 Å². The Morgan fingerprint density at radius 3 is 2.88 bits per heavy atom. The number of benzene rings is 1. The maximum absolute atomic E-state index is 9.06. The lowest BCUT2D eigenvalue weighted by atomic mass is 10.2. The van der Waals surface area contributed by atoms with Crippen LogP contribution in [0, 0.1) is 21.8 Å². The molecule has 1 aromatic carbocycles. The fraction of sp³-hybridized carbons (Fsp3) is 0.0769. The van der Waals surface area contributed by atoms with Crippen LogP contribution in [0.25, 0.3) is 0 Å². The van der Waals surface area contributed by atoms with E-state index < -0.39 is 0 Å². The molecule has 0 radical (unpaired) electrons. The quantitative estimate of drug-likeness (QED) is 0.787. The molecule has 0 amide bonds. The van der Waals surface area contributed by atoms with Crippen molar-refractivity contribution >= 4 is 22.6 Å². The predicted molar refractivity (Wildman–Crippen MR) is 72.9 cm³/mol. The second-order valence-electron chi connectivity index (χ2n) is 3.48. The third kappa shape index (κ3) is 2.74. The first kappa shape index (κ1) is 11.9. The highest BCUT2D eigenvalue weighted by Crippen LogP contribution is 2.25. The van der Waals surface area contributed by atoms with Crippen LogP contribution in [0.4, 0.5) is 0 Å². The molecule has 0 saturated carbocycles. The van der Waals surface area contributed by atoms with Gasteiger partial charge in [0.05, 0.1) is 0 Å². The van der Waals surface area contributed by atoms with Crippen LogP contribution >= 0.6 is 22.6 Å². The number of nitrogens with zero attached hydrogens (tertiary/aromatic N) is 2. The van der Waals surface area contributed by atoms with E-state index in [-0.39, 0.29) is 0 Å². The van der Waals surface area contributed by atoms with Crippen molar-refractivity contribution in [3.63, 3.8) is 0 Å². The maximum atomic E-state index is 9.06. The highest BCUT2D eigenvalue weighted by atomic mass is 127. The normalized spacial score (nSPS) is 9.71. The minimum absolute atomic E-state index is 0.356. The molecular formula is C13H9IN2O. The molecule has 1 aromatic heterocycles. The second-order valence-corrected chi connectivity index (χ2v) is 4.72. The largest absolute Gasteiger partial charge is 0.438 e. The number of hydrogen-bond donors (Lipinski definition) is 0. The number of hydrogen-bond acceptors (Lipinski definition) is 3. The summed E-state index contributed by atoms with van der Waals surface area (Å²) in [6.07, 6.45) is 1.64. The van der Waals surface area contributed by atoms with Crippen molar-refractivity contribution < 1.29 is 4.74 Å². The molecule has 84 valence electrons. The summed E-state index contributed by atoms with van der Waals surface area (Å²) in [5.41, 5.74) is 1.34. The summed E-state index contributed by atoms with van der Waals surface area (Å²) in [7, 11) is 0. The third-order valence-corrected chi connectivity index (χ3v) is 2.92. The van der Waals surface area contributed by atoms with Crippen molar-refractivity contribution in [3.8, 4) is 17.7 Å². The molecule has 3 nitrogen and oxygen atoms in total. The van der Waals surface area contributed by atoms with Gasteiger partial charge in [0.1, 0.15) is 17.4 Å². The van der Waals surface area contributed by atoms with Gasteiger partial charge in [-0.1, -0.05) is 6.07 Å². The van der Waals surface area contributed by atoms with E-state index in [9.17, 15) is 0 Å². The number of aromatic nitrogens is 1. The summed E-state index contributed by atoms with van der Waals surface area (Å²) >= 11 is 2.21. The van der Waals surface area contributed by atoms with Crippen LogP contribution < -0.4 is 4.74 Å². The molecule has 0 spiro atoms. The van der Waals surface area contributed by atoms with E-state index in [0.717, 1.165) is 9.13 Å². The Balaban J connectivity index is 2.37. The Morgan fingerprint density at radius 1 is 1.35 bits per heavy atom. The Bertz CT molecular complexity index is 590. The van der Waals surface area contributed by atoms with Gasteiger partial charge in [0, 0.05) is 9.77 Å². The van der Waals surface area contributed by atoms with E-state index in [1.807, 2.05) is 31.2 Å². The highest BCUT2D eigenvalue weighted by molar-refractivity contribution is 14.1. The minimum atomic E-state index is 0.356. The minimum Gasteiger partial charge on any atom is -0.438 e. The first-order chi connectivity index (χ1) is 8.20. The van der Waals surface area contributed by atoms with Crippen LogP contribution in [-0.4, -0.2) is 4.98 Å². The van der Waals surface area contributed by atoms with Crippen molar-refractivity contribution in [1.29, 1.82) is 5.26 Å². The molecule has 2 rings (SSSR count). The van der Waals surface area contributed by atoms with E-state index in [1.54, 1.807) is 12.3 Å². The second kappa shape index (κ2) is 5.15. The lowest BCUT2D eigenvalue weighted by molar-refractivity contribution is 0.460. The number of halogens is 1. The van der Waals surface area contributed by atoms with Crippen molar-refractivity contribution in [3.05, 3.63) is 51.2 Å². The molecule has 2 aromatic rings. The van der Waals surface area contributed by atoms with Gasteiger partial charge in [-0.3, -0.25) is 0 Å². The van der Waals surface area contributed by atoms with Crippen molar-refractivity contribution in [2.24, 2.45) is 0 Å². The van der Waals surface area contributed by atoms with E-state index in [4.69, 9.17) is 10.00 Å². The van der Waals surface area contributed by atoms with Gasteiger partial charge in [-0.15, -0.1) is 0 Å². The van der Waals surface area contributed by atoms with E-state index in [2.05, 4.69) is 33.6 Å². The van der Waals surface area contributed by atoms with Crippen LogP contribution in [0.3, 0.4) is 0 Å². The van der Waals surface area contributed by atoms with Crippen molar-refractivity contribution in [1.82, 2.24) is 4.98 Å². The van der Waals surface area contributed by atoms with Crippen LogP contribution in [-0.2, 0) is 0 Å². The molecule has 0 N–H and O–H groups in total. The SMILES string of the molecule is Cc1ccnc(Oc2cccc(I)c2)c1C#N. The predicted octanol–water partition coefficient (Wildman–Crippen LogP) is 3.66. The number of ether oxygens (including phenoxy) is 1. The monoisotopic (exact) mass is 336 g/mol. The van der Waals surface area contributed by atoms with E-state index in [1.165, 1.54) is 0 Å². The number of rotatable bonds is 2. The fourth-order valence-electron chi connectivity index (χ4n) is 1.39. The average Bonchev–Trinajstić information content (AvgIpc) is 2.29. The fourth-order valence-corrected chi connectivity index (χ4v) is 1.90. The summed E-state index contributed by atoms with van der Waals surface area (Å²) in [5.74, 6) is 1.04. The smallest absolute Gasteiger partial charge is 0.237 e. The van der Waals surface area contributed by atoms with Gasteiger partial charge in [0.2, 0.25) is 5.88 Å². The van der Waals surface area contributed by atoms with Gasteiger partial charge in [-0.05, 0) is 59.3 Å². The topological polar surface area (TPSA) is 45.9 Å². The van der Waals surface area contributed by atoms with Crippen LogP contribution in [0.2, 0.25) is 0 Å². The Kier molecular flexibility index (Phi) is 3.59. The number of aryl methyl sites for hydroxylation is 1. The summed E-state index contributed by atoms with van der Waals surface area (Å²) in [4.78, 5) is 4.09. The zero-order chi connectivity index (χ0) is 12.3. The van der Waals surface area contributed by atoms with Gasteiger partial charge in [0.15, 0.2) is 0 Å². The number of pyridine rings is 1. The molecule has 0 bridgehead atoms.